The van der Waals surface area contributed by atoms with Gasteiger partial charge in [-0.1, -0.05) is 29.8 Å². The number of anilines is 1. The summed E-state index contributed by atoms with van der Waals surface area (Å²) in [5.41, 5.74) is 3.25. The Kier molecular flexibility index (Phi) is 7.02. The van der Waals surface area contributed by atoms with Crippen molar-refractivity contribution in [2.45, 2.75) is 20.1 Å². The van der Waals surface area contributed by atoms with Crippen LogP contribution in [-0.4, -0.2) is 6.61 Å². The van der Waals surface area contributed by atoms with Gasteiger partial charge < -0.3 is 14.8 Å². The molecule has 1 N–H and O–H groups in total. The molecule has 0 fully saturated rings. The fourth-order valence-corrected chi connectivity index (χ4v) is 3.35. The van der Waals surface area contributed by atoms with E-state index in [0.717, 1.165) is 39.3 Å². The van der Waals surface area contributed by atoms with Crippen LogP contribution in [0.4, 0.5) is 5.69 Å². The summed E-state index contributed by atoms with van der Waals surface area (Å²) in [5, 5.41) is 4.12. The first-order valence-electron chi connectivity index (χ1n) is 8.76. The molecule has 0 saturated carbocycles. The lowest BCUT2D eigenvalue weighted by Crippen LogP contribution is -2.01. The third-order valence-corrected chi connectivity index (χ3v) is 4.80. The largest absolute Gasteiger partial charge is 0.494 e. The van der Waals surface area contributed by atoms with Crippen molar-refractivity contribution in [3.8, 4) is 11.5 Å². The average Bonchev–Trinajstić information content (AvgIpc) is 2.67. The summed E-state index contributed by atoms with van der Waals surface area (Å²) in [6.07, 6.45) is 0. The van der Waals surface area contributed by atoms with Gasteiger partial charge in [0.25, 0.3) is 0 Å². The van der Waals surface area contributed by atoms with E-state index in [-0.39, 0.29) is 0 Å². The predicted molar refractivity (Wildman–Crippen MR) is 115 cm³/mol. The second-order valence-corrected chi connectivity index (χ2v) is 7.29. The normalized spacial score (nSPS) is 10.5. The minimum atomic E-state index is 0.475. The maximum atomic E-state index is 6.01. The molecular formula is C22H21BrClNO2. The monoisotopic (exact) mass is 445 g/mol. The second-order valence-electron chi connectivity index (χ2n) is 5.99. The van der Waals surface area contributed by atoms with E-state index in [1.165, 1.54) is 0 Å². The molecule has 0 aromatic heterocycles. The van der Waals surface area contributed by atoms with Crippen LogP contribution in [0.15, 0.2) is 71.2 Å². The van der Waals surface area contributed by atoms with Gasteiger partial charge in [-0.3, -0.25) is 0 Å². The first-order chi connectivity index (χ1) is 13.1. The van der Waals surface area contributed by atoms with Crippen molar-refractivity contribution < 1.29 is 9.47 Å². The van der Waals surface area contributed by atoms with Crippen molar-refractivity contribution in [3.05, 3.63) is 87.4 Å². The van der Waals surface area contributed by atoms with Gasteiger partial charge in [-0.05, 0) is 82.5 Å². The quantitative estimate of drug-likeness (QED) is 0.418. The average molecular weight is 447 g/mol. The highest BCUT2D eigenvalue weighted by molar-refractivity contribution is 9.10. The van der Waals surface area contributed by atoms with Crippen molar-refractivity contribution in [2.75, 3.05) is 11.9 Å². The SMILES string of the molecule is CCOc1ccc(NCc2ccc(OCc3cccc(Cl)c3)c(Br)c2)cc1. The van der Waals surface area contributed by atoms with E-state index in [1.807, 2.05) is 61.5 Å². The first kappa shape index (κ1) is 19.6. The zero-order chi connectivity index (χ0) is 19.1. The van der Waals surface area contributed by atoms with E-state index in [9.17, 15) is 0 Å². The molecule has 3 aromatic rings. The Hall–Kier alpha value is -2.17. The molecule has 0 heterocycles. The number of rotatable bonds is 8. The van der Waals surface area contributed by atoms with Crippen LogP contribution in [0.1, 0.15) is 18.1 Å². The minimum absolute atomic E-state index is 0.475. The zero-order valence-corrected chi connectivity index (χ0v) is 17.4. The van der Waals surface area contributed by atoms with Crippen LogP contribution >= 0.6 is 27.5 Å². The van der Waals surface area contributed by atoms with Gasteiger partial charge in [-0.2, -0.15) is 0 Å². The smallest absolute Gasteiger partial charge is 0.134 e. The lowest BCUT2D eigenvalue weighted by Gasteiger charge is -2.12. The highest BCUT2D eigenvalue weighted by atomic mass is 79.9. The maximum Gasteiger partial charge on any atom is 0.134 e. The number of nitrogens with one attached hydrogen (secondary N) is 1. The molecule has 140 valence electrons. The van der Waals surface area contributed by atoms with Crippen molar-refractivity contribution >= 4 is 33.2 Å². The standard InChI is InChI=1S/C22H21BrClNO2/c1-2-26-20-9-7-19(8-10-20)25-14-16-6-11-22(21(23)13-16)27-15-17-4-3-5-18(24)12-17/h3-13,25H,2,14-15H2,1H3. The Balaban J connectivity index is 1.56. The lowest BCUT2D eigenvalue weighted by molar-refractivity contribution is 0.304. The first-order valence-corrected chi connectivity index (χ1v) is 9.93. The molecule has 0 radical (unpaired) electrons. The molecule has 3 nitrogen and oxygen atoms in total. The van der Waals surface area contributed by atoms with Gasteiger partial charge in [0.15, 0.2) is 0 Å². The molecule has 0 aliphatic carbocycles. The maximum absolute atomic E-state index is 6.01. The van der Waals surface area contributed by atoms with Crippen LogP contribution < -0.4 is 14.8 Å². The predicted octanol–water partition coefficient (Wildman–Crippen LogP) is 6.69. The number of benzene rings is 3. The van der Waals surface area contributed by atoms with Crippen LogP contribution in [0.3, 0.4) is 0 Å². The summed E-state index contributed by atoms with van der Waals surface area (Å²) < 4.78 is 12.3. The summed E-state index contributed by atoms with van der Waals surface area (Å²) >= 11 is 9.60. The van der Waals surface area contributed by atoms with Gasteiger partial charge in [-0.15, -0.1) is 0 Å². The molecular weight excluding hydrogens is 426 g/mol. The van der Waals surface area contributed by atoms with Crippen molar-refractivity contribution in [2.24, 2.45) is 0 Å². The highest BCUT2D eigenvalue weighted by Crippen LogP contribution is 2.27. The van der Waals surface area contributed by atoms with Crippen molar-refractivity contribution in [1.29, 1.82) is 0 Å². The van der Waals surface area contributed by atoms with Gasteiger partial charge in [0.1, 0.15) is 18.1 Å². The molecule has 0 aliphatic rings. The molecule has 27 heavy (non-hydrogen) atoms. The number of halogens is 2. The summed E-state index contributed by atoms with van der Waals surface area (Å²) in [5.74, 6) is 1.69. The molecule has 5 heteroatoms. The summed E-state index contributed by atoms with van der Waals surface area (Å²) in [4.78, 5) is 0. The Morgan fingerprint density at radius 3 is 2.44 bits per heavy atom. The zero-order valence-electron chi connectivity index (χ0n) is 15.0. The Morgan fingerprint density at radius 2 is 1.74 bits per heavy atom. The van der Waals surface area contributed by atoms with E-state index in [4.69, 9.17) is 21.1 Å². The topological polar surface area (TPSA) is 30.5 Å². The van der Waals surface area contributed by atoms with E-state index < -0.39 is 0 Å². The summed E-state index contributed by atoms with van der Waals surface area (Å²) in [7, 11) is 0. The van der Waals surface area contributed by atoms with Crippen LogP contribution in [0, 0.1) is 0 Å². The molecule has 0 bridgehead atoms. The fraction of sp³-hybridized carbons (Fsp3) is 0.182. The summed E-state index contributed by atoms with van der Waals surface area (Å²) in [6, 6.07) is 21.7. The van der Waals surface area contributed by atoms with E-state index >= 15 is 0 Å². The van der Waals surface area contributed by atoms with Gasteiger partial charge in [-0.25, -0.2) is 0 Å². The summed E-state index contributed by atoms with van der Waals surface area (Å²) in [6.45, 7) is 3.85. The molecule has 0 aliphatic heterocycles. The molecule has 3 rings (SSSR count). The minimum Gasteiger partial charge on any atom is -0.494 e. The second kappa shape index (κ2) is 9.67. The molecule has 0 atom stereocenters. The molecule has 0 saturated heterocycles. The molecule has 3 aromatic carbocycles. The van der Waals surface area contributed by atoms with Crippen LogP contribution in [0.5, 0.6) is 11.5 Å². The highest BCUT2D eigenvalue weighted by Gasteiger charge is 2.04. The Morgan fingerprint density at radius 1 is 0.926 bits per heavy atom. The number of hydrogen-bond acceptors (Lipinski definition) is 3. The van der Waals surface area contributed by atoms with Crippen molar-refractivity contribution in [1.82, 2.24) is 0 Å². The number of ether oxygens (including phenoxy) is 2. The third-order valence-electron chi connectivity index (χ3n) is 3.94. The Bertz CT molecular complexity index is 884. The number of hydrogen-bond donors (Lipinski definition) is 1. The van der Waals surface area contributed by atoms with E-state index in [1.54, 1.807) is 0 Å². The van der Waals surface area contributed by atoms with Crippen LogP contribution in [0.25, 0.3) is 0 Å². The van der Waals surface area contributed by atoms with Crippen LogP contribution in [0.2, 0.25) is 5.02 Å². The van der Waals surface area contributed by atoms with Gasteiger partial charge >= 0.3 is 0 Å². The molecule has 0 spiro atoms. The fourth-order valence-electron chi connectivity index (χ4n) is 2.60. The van der Waals surface area contributed by atoms with Crippen molar-refractivity contribution in [3.63, 3.8) is 0 Å². The lowest BCUT2D eigenvalue weighted by atomic mass is 10.2. The molecule has 0 amide bonds. The molecule has 0 unspecified atom stereocenters. The van der Waals surface area contributed by atoms with E-state index in [0.29, 0.717) is 18.2 Å². The van der Waals surface area contributed by atoms with E-state index in [2.05, 4.69) is 33.4 Å². The third kappa shape index (κ3) is 5.91. The van der Waals surface area contributed by atoms with Crippen LogP contribution in [-0.2, 0) is 13.2 Å². The Labute approximate surface area is 173 Å². The van der Waals surface area contributed by atoms with Gasteiger partial charge in [0, 0.05) is 17.3 Å². The van der Waals surface area contributed by atoms with Gasteiger partial charge in [0.05, 0.1) is 11.1 Å². The van der Waals surface area contributed by atoms with Gasteiger partial charge in [0.2, 0.25) is 0 Å².